The summed E-state index contributed by atoms with van der Waals surface area (Å²) in [5, 5.41) is 0. The van der Waals surface area contributed by atoms with Crippen molar-refractivity contribution in [3.8, 4) is 5.75 Å². The van der Waals surface area contributed by atoms with Crippen LogP contribution in [0.1, 0.15) is 50.2 Å². The van der Waals surface area contributed by atoms with E-state index in [9.17, 15) is 9.59 Å². The minimum Gasteiger partial charge on any atom is -0.483 e. The van der Waals surface area contributed by atoms with E-state index in [1.54, 1.807) is 18.2 Å². The first-order valence-corrected chi connectivity index (χ1v) is 12.3. The lowest BCUT2D eigenvalue weighted by Crippen LogP contribution is -2.55. The predicted molar refractivity (Wildman–Crippen MR) is 133 cm³/mol. The molecule has 1 saturated heterocycles. The van der Waals surface area contributed by atoms with Crippen LogP contribution in [0.25, 0.3) is 0 Å². The normalized spacial score (nSPS) is 18.7. The summed E-state index contributed by atoms with van der Waals surface area (Å²) in [5.41, 5.74) is 0.451. The molecule has 1 fully saturated rings. The summed E-state index contributed by atoms with van der Waals surface area (Å²) in [5.74, 6) is -0.158. The number of aromatic nitrogens is 1. The van der Waals surface area contributed by atoms with Gasteiger partial charge in [0.25, 0.3) is 5.91 Å². The van der Waals surface area contributed by atoms with Gasteiger partial charge in [-0.25, -0.2) is 0 Å². The number of ether oxygens (including phenoxy) is 3. The number of methoxy groups -OCH3 is 1. The van der Waals surface area contributed by atoms with Gasteiger partial charge in [-0.3, -0.25) is 9.59 Å². The van der Waals surface area contributed by atoms with Crippen molar-refractivity contribution in [3.05, 3.63) is 62.5 Å². The number of hydrogen-bond acceptors (Lipinski definition) is 5. The van der Waals surface area contributed by atoms with Gasteiger partial charge in [0.05, 0.1) is 23.2 Å². The molecule has 0 aliphatic carbocycles. The third-order valence-electron chi connectivity index (χ3n) is 5.48. The van der Waals surface area contributed by atoms with Crippen LogP contribution < -0.4 is 10.2 Å². The lowest BCUT2D eigenvalue weighted by Gasteiger charge is -2.43. The number of nitrogens with zero attached hydrogens (tertiary/aromatic N) is 2. The molecule has 1 aromatic heterocycles. The van der Waals surface area contributed by atoms with E-state index >= 15 is 0 Å². The lowest BCUT2D eigenvalue weighted by molar-refractivity contribution is 0.0421. The number of carbonyl (C=O) groups excluding carboxylic acids is 1. The van der Waals surface area contributed by atoms with E-state index in [1.165, 1.54) is 0 Å². The molecule has 182 valence electrons. The molecule has 2 aliphatic heterocycles. The van der Waals surface area contributed by atoms with E-state index in [0.29, 0.717) is 37.4 Å². The molecule has 1 amide bonds. The molecule has 3 heterocycles. The zero-order chi connectivity index (χ0) is 24.4. The highest BCUT2D eigenvalue weighted by Crippen LogP contribution is 2.37. The topological polar surface area (TPSA) is 70.0 Å². The van der Waals surface area contributed by atoms with Crippen LogP contribution in [0.3, 0.4) is 0 Å². The number of pyridine rings is 1. The molecule has 1 unspecified atom stereocenters. The lowest BCUT2D eigenvalue weighted by atomic mass is 9.93. The maximum Gasteiger partial charge on any atom is 0.274 e. The van der Waals surface area contributed by atoms with Crippen molar-refractivity contribution in [1.82, 2.24) is 9.47 Å². The Morgan fingerprint density at radius 1 is 1.12 bits per heavy atom. The van der Waals surface area contributed by atoms with Crippen LogP contribution >= 0.6 is 15.9 Å². The number of rotatable bonds is 6. The highest BCUT2D eigenvalue weighted by molar-refractivity contribution is 9.10. The van der Waals surface area contributed by atoms with Gasteiger partial charge in [0, 0.05) is 33.0 Å². The van der Waals surface area contributed by atoms with E-state index in [1.807, 2.05) is 62.6 Å². The first kappa shape index (κ1) is 27.1. The van der Waals surface area contributed by atoms with E-state index in [-0.39, 0.29) is 29.4 Å². The summed E-state index contributed by atoms with van der Waals surface area (Å²) in [4.78, 5) is 28.0. The van der Waals surface area contributed by atoms with Gasteiger partial charge >= 0.3 is 0 Å². The number of benzene rings is 1. The second kappa shape index (κ2) is 12.9. The highest BCUT2D eigenvalue weighted by atomic mass is 79.9. The van der Waals surface area contributed by atoms with Gasteiger partial charge in [-0.1, -0.05) is 58.0 Å². The SMILES string of the molecule is CC.CC.COCCN1CC2(CCOC2)n2cc(Br)c(=O)c(OCc3ccccc3)c2C1=O. The second-order valence-electron chi connectivity index (χ2n) is 7.37. The summed E-state index contributed by atoms with van der Waals surface area (Å²) in [6.45, 7) is 10.7. The standard InChI is InChI=1S/C21H23BrN2O5.2C2H6/c1-27-10-8-23-13-21(7-9-28-14-21)24-11-16(22)18(25)19(17(24)20(23)26)29-12-15-5-3-2-4-6-15;2*1-2/h2-6,11H,7-10,12-14H2,1H3;2*1-2H3. The van der Waals surface area contributed by atoms with Crippen molar-refractivity contribution < 1.29 is 19.0 Å². The number of carbonyl (C=O) groups is 1. The summed E-state index contributed by atoms with van der Waals surface area (Å²) < 4.78 is 19.1. The molecule has 0 N–H and O–H groups in total. The Bertz CT molecular complexity index is 955. The highest BCUT2D eigenvalue weighted by Gasteiger charge is 2.47. The minimum atomic E-state index is -0.419. The van der Waals surface area contributed by atoms with Gasteiger partial charge in [-0.15, -0.1) is 0 Å². The van der Waals surface area contributed by atoms with E-state index in [0.717, 1.165) is 12.0 Å². The molecule has 4 rings (SSSR count). The Kier molecular flexibility index (Phi) is 10.6. The van der Waals surface area contributed by atoms with Crippen LogP contribution in [-0.4, -0.2) is 55.4 Å². The van der Waals surface area contributed by atoms with Crippen LogP contribution in [0.2, 0.25) is 0 Å². The van der Waals surface area contributed by atoms with E-state index < -0.39 is 5.54 Å². The molecule has 2 aliphatic rings. The monoisotopic (exact) mass is 522 g/mol. The zero-order valence-corrected chi connectivity index (χ0v) is 21.8. The second-order valence-corrected chi connectivity index (χ2v) is 8.23. The van der Waals surface area contributed by atoms with Crippen LogP contribution in [0, 0.1) is 0 Å². The molecule has 8 heteroatoms. The predicted octanol–water partition coefficient (Wildman–Crippen LogP) is 4.46. The van der Waals surface area contributed by atoms with E-state index in [2.05, 4.69) is 15.9 Å². The molecular formula is C25H35BrN2O5. The Labute approximate surface area is 204 Å². The van der Waals surface area contributed by atoms with Crippen LogP contribution in [0.5, 0.6) is 5.75 Å². The Morgan fingerprint density at radius 3 is 2.42 bits per heavy atom. The average Bonchev–Trinajstić information content (AvgIpc) is 3.33. The smallest absolute Gasteiger partial charge is 0.274 e. The fourth-order valence-electron chi connectivity index (χ4n) is 3.95. The summed E-state index contributed by atoms with van der Waals surface area (Å²) >= 11 is 3.36. The van der Waals surface area contributed by atoms with Gasteiger partial charge < -0.3 is 23.7 Å². The van der Waals surface area contributed by atoms with Gasteiger partial charge in [0.15, 0.2) is 11.4 Å². The summed E-state index contributed by atoms with van der Waals surface area (Å²) in [6, 6.07) is 9.57. The molecule has 2 aromatic rings. The van der Waals surface area contributed by atoms with E-state index in [4.69, 9.17) is 14.2 Å². The van der Waals surface area contributed by atoms with Crippen molar-refractivity contribution in [2.45, 2.75) is 46.3 Å². The Morgan fingerprint density at radius 2 is 1.82 bits per heavy atom. The molecule has 33 heavy (non-hydrogen) atoms. The zero-order valence-electron chi connectivity index (χ0n) is 20.2. The third kappa shape index (κ3) is 5.86. The minimum absolute atomic E-state index is 0.0709. The first-order valence-electron chi connectivity index (χ1n) is 11.5. The molecule has 1 atom stereocenters. The van der Waals surface area contributed by atoms with Crippen LogP contribution in [-0.2, 0) is 21.6 Å². The molecule has 7 nitrogen and oxygen atoms in total. The largest absolute Gasteiger partial charge is 0.483 e. The maximum absolute atomic E-state index is 13.3. The van der Waals surface area contributed by atoms with Gasteiger partial charge in [0.2, 0.25) is 5.43 Å². The van der Waals surface area contributed by atoms with Crippen molar-refractivity contribution in [1.29, 1.82) is 0 Å². The molecule has 1 spiro atoms. The number of amides is 1. The van der Waals surface area contributed by atoms with Crippen molar-refractivity contribution >= 4 is 21.8 Å². The fraction of sp³-hybridized carbons (Fsp3) is 0.520. The molecule has 1 aromatic carbocycles. The first-order chi connectivity index (χ1) is 16.1. The fourth-order valence-corrected chi connectivity index (χ4v) is 4.33. The number of fused-ring (bicyclic) bond motifs is 2. The average molecular weight is 523 g/mol. The Balaban J connectivity index is 0.000000914. The van der Waals surface area contributed by atoms with Gasteiger partial charge in [0.1, 0.15) is 6.61 Å². The van der Waals surface area contributed by atoms with Crippen LogP contribution in [0.15, 0.2) is 45.8 Å². The number of halogens is 1. The van der Waals surface area contributed by atoms with Gasteiger partial charge in [-0.05, 0) is 27.9 Å². The summed E-state index contributed by atoms with van der Waals surface area (Å²) in [7, 11) is 1.60. The molecule has 0 saturated carbocycles. The Hall–Kier alpha value is -2.16. The van der Waals surface area contributed by atoms with Crippen molar-refractivity contribution in [2.75, 3.05) is 40.0 Å². The molecule has 0 radical (unpaired) electrons. The van der Waals surface area contributed by atoms with Crippen molar-refractivity contribution in [3.63, 3.8) is 0 Å². The molecule has 0 bridgehead atoms. The molecular weight excluding hydrogens is 488 g/mol. The van der Waals surface area contributed by atoms with Crippen LogP contribution in [0.4, 0.5) is 0 Å². The summed E-state index contributed by atoms with van der Waals surface area (Å²) in [6.07, 6.45) is 2.46. The van der Waals surface area contributed by atoms with Crippen molar-refractivity contribution in [2.24, 2.45) is 0 Å². The third-order valence-corrected chi connectivity index (χ3v) is 6.05. The quantitative estimate of drug-likeness (QED) is 0.560. The van der Waals surface area contributed by atoms with Gasteiger partial charge in [-0.2, -0.15) is 0 Å². The number of hydrogen-bond donors (Lipinski definition) is 0. The maximum atomic E-state index is 13.3.